The van der Waals surface area contributed by atoms with Crippen LogP contribution < -0.4 is 5.32 Å². The molecule has 1 rings (SSSR count). The molecular formula is C23H33NO4S. The van der Waals surface area contributed by atoms with Crippen molar-refractivity contribution in [1.29, 1.82) is 0 Å². The molecule has 0 radical (unpaired) electrons. The van der Waals surface area contributed by atoms with Gasteiger partial charge in [0.15, 0.2) is 0 Å². The zero-order chi connectivity index (χ0) is 21.5. The molecule has 0 aromatic heterocycles. The predicted octanol–water partition coefficient (Wildman–Crippen LogP) is 5.27. The van der Waals surface area contributed by atoms with Gasteiger partial charge in [-0.05, 0) is 63.7 Å². The van der Waals surface area contributed by atoms with Gasteiger partial charge in [-0.15, -0.1) is 0 Å². The third kappa shape index (κ3) is 12.1. The molecule has 0 saturated heterocycles. The Kier molecular flexibility index (Phi) is 12.6. The highest BCUT2D eigenvalue weighted by Gasteiger charge is 2.22. The van der Waals surface area contributed by atoms with Crippen LogP contribution in [0.5, 0.6) is 0 Å². The number of carbonyl (C=O) groups excluding carboxylic acids is 2. The lowest BCUT2D eigenvalue weighted by Gasteiger charge is -2.17. The maximum absolute atomic E-state index is 12.4. The van der Waals surface area contributed by atoms with Crippen LogP contribution in [-0.4, -0.2) is 36.7 Å². The fourth-order valence-electron chi connectivity index (χ4n) is 2.45. The second kappa shape index (κ2) is 14.7. The summed E-state index contributed by atoms with van der Waals surface area (Å²) in [5, 5.41) is 2.63. The normalized spacial score (nSPS) is 12.1. The summed E-state index contributed by atoms with van der Waals surface area (Å²) in [7, 11) is 0. The molecule has 0 fully saturated rings. The number of nitrogens with one attached hydrogen (secondary N) is 1. The van der Waals surface area contributed by atoms with E-state index >= 15 is 0 Å². The van der Waals surface area contributed by atoms with E-state index in [1.54, 1.807) is 11.8 Å². The minimum absolute atomic E-state index is 0.157. The molecule has 0 spiro atoms. The monoisotopic (exact) mass is 419 g/mol. The van der Waals surface area contributed by atoms with Crippen molar-refractivity contribution >= 4 is 23.8 Å². The second-order valence-corrected chi connectivity index (χ2v) is 8.03. The number of benzene rings is 1. The van der Waals surface area contributed by atoms with Crippen LogP contribution in [0, 0.1) is 0 Å². The molecule has 1 aromatic rings. The van der Waals surface area contributed by atoms with Crippen molar-refractivity contribution in [1.82, 2.24) is 5.32 Å². The van der Waals surface area contributed by atoms with Crippen molar-refractivity contribution in [2.45, 2.75) is 52.7 Å². The average Bonchev–Trinajstić information content (AvgIpc) is 2.70. The number of amides is 1. The van der Waals surface area contributed by atoms with E-state index in [2.05, 4.69) is 25.2 Å². The molecule has 0 aliphatic carbocycles. The van der Waals surface area contributed by atoms with Gasteiger partial charge in [-0.2, -0.15) is 11.8 Å². The number of thioether (sulfide) groups is 1. The lowest BCUT2D eigenvalue weighted by Crippen LogP contribution is -2.42. The maximum Gasteiger partial charge on any atom is 0.408 e. The van der Waals surface area contributed by atoms with Crippen LogP contribution in [0.15, 0.2) is 53.6 Å². The quantitative estimate of drug-likeness (QED) is 0.369. The molecule has 1 aromatic carbocycles. The maximum atomic E-state index is 12.4. The summed E-state index contributed by atoms with van der Waals surface area (Å²) in [5.41, 5.74) is 3.36. The molecule has 0 saturated carbocycles. The first-order chi connectivity index (χ1) is 13.9. The average molecular weight is 420 g/mol. The van der Waals surface area contributed by atoms with Crippen molar-refractivity contribution in [3.8, 4) is 0 Å². The van der Waals surface area contributed by atoms with E-state index in [0.29, 0.717) is 6.42 Å². The Bertz CT molecular complexity index is 681. The molecule has 0 bridgehead atoms. The van der Waals surface area contributed by atoms with E-state index in [0.717, 1.165) is 24.2 Å². The minimum atomic E-state index is -0.717. The van der Waals surface area contributed by atoms with Gasteiger partial charge in [0.05, 0.1) is 0 Å². The van der Waals surface area contributed by atoms with E-state index in [1.165, 1.54) is 11.1 Å². The van der Waals surface area contributed by atoms with Gasteiger partial charge in [0.1, 0.15) is 19.3 Å². The third-order valence-corrected chi connectivity index (χ3v) is 4.79. The van der Waals surface area contributed by atoms with Gasteiger partial charge in [0, 0.05) is 0 Å². The highest BCUT2D eigenvalue weighted by molar-refractivity contribution is 7.98. The summed E-state index contributed by atoms with van der Waals surface area (Å²) in [6, 6.07) is 8.69. The highest BCUT2D eigenvalue weighted by atomic mass is 32.2. The molecule has 0 aliphatic heterocycles. The van der Waals surface area contributed by atoms with Crippen LogP contribution in [0.25, 0.3) is 0 Å². The predicted molar refractivity (Wildman–Crippen MR) is 120 cm³/mol. The number of ether oxygens (including phenoxy) is 2. The van der Waals surface area contributed by atoms with Gasteiger partial charge < -0.3 is 14.8 Å². The number of esters is 1. The van der Waals surface area contributed by atoms with E-state index in [1.807, 2.05) is 49.6 Å². The Morgan fingerprint density at radius 2 is 1.83 bits per heavy atom. The minimum Gasteiger partial charge on any atom is -0.460 e. The van der Waals surface area contributed by atoms with E-state index in [-0.39, 0.29) is 13.2 Å². The van der Waals surface area contributed by atoms with Gasteiger partial charge in [-0.1, -0.05) is 47.6 Å². The molecule has 0 unspecified atom stereocenters. The van der Waals surface area contributed by atoms with Crippen LogP contribution in [0.3, 0.4) is 0 Å². The van der Waals surface area contributed by atoms with Gasteiger partial charge in [0.25, 0.3) is 0 Å². The fourth-order valence-corrected chi connectivity index (χ4v) is 2.92. The molecule has 29 heavy (non-hydrogen) atoms. The van der Waals surface area contributed by atoms with Crippen molar-refractivity contribution in [2.75, 3.05) is 18.6 Å². The highest BCUT2D eigenvalue weighted by Crippen LogP contribution is 2.08. The van der Waals surface area contributed by atoms with Crippen LogP contribution in [0.2, 0.25) is 0 Å². The SMILES string of the molecule is CSCC[C@H](NC(=O)OCc1ccccc1)C(=O)OC/C=C(\C)CCC=C(C)C. The summed E-state index contributed by atoms with van der Waals surface area (Å²) >= 11 is 1.61. The summed E-state index contributed by atoms with van der Waals surface area (Å²) in [4.78, 5) is 24.5. The Hall–Kier alpha value is -2.21. The largest absolute Gasteiger partial charge is 0.460 e. The molecule has 6 heteroatoms. The second-order valence-electron chi connectivity index (χ2n) is 7.04. The van der Waals surface area contributed by atoms with Crippen molar-refractivity contribution < 1.29 is 19.1 Å². The van der Waals surface area contributed by atoms with Crippen molar-refractivity contribution in [3.63, 3.8) is 0 Å². The van der Waals surface area contributed by atoms with Crippen LogP contribution >= 0.6 is 11.8 Å². The van der Waals surface area contributed by atoms with E-state index in [9.17, 15) is 9.59 Å². The summed E-state index contributed by atoms with van der Waals surface area (Å²) in [5.74, 6) is 0.292. The molecule has 5 nitrogen and oxygen atoms in total. The van der Waals surface area contributed by atoms with Gasteiger partial charge >= 0.3 is 12.1 Å². The van der Waals surface area contributed by atoms with Gasteiger partial charge in [0.2, 0.25) is 0 Å². The first-order valence-electron chi connectivity index (χ1n) is 9.84. The van der Waals surface area contributed by atoms with Crippen molar-refractivity contribution in [2.24, 2.45) is 0 Å². The zero-order valence-electron chi connectivity index (χ0n) is 17.9. The number of alkyl carbamates (subject to hydrolysis) is 1. The zero-order valence-corrected chi connectivity index (χ0v) is 18.7. The first kappa shape index (κ1) is 24.8. The summed E-state index contributed by atoms with van der Waals surface area (Å²) in [6.45, 7) is 6.54. The van der Waals surface area contributed by atoms with Crippen LogP contribution in [0.4, 0.5) is 4.79 Å². The standard InChI is InChI=1S/C23H33NO4S/c1-18(2)9-8-10-19(3)13-15-27-22(25)21(14-16-29-4)24-23(26)28-17-20-11-6-5-7-12-20/h5-7,9,11-13,21H,8,10,14-17H2,1-4H3,(H,24,26)/b19-13+/t21-/m0/s1. The molecule has 0 heterocycles. The molecule has 1 atom stereocenters. The number of rotatable bonds is 12. The summed E-state index contributed by atoms with van der Waals surface area (Å²) < 4.78 is 10.6. The van der Waals surface area contributed by atoms with Gasteiger partial charge in [-0.3, -0.25) is 0 Å². The van der Waals surface area contributed by atoms with Crippen LogP contribution in [0.1, 0.15) is 45.6 Å². The summed E-state index contributed by atoms with van der Waals surface area (Å²) in [6.07, 6.45) is 7.83. The number of hydrogen-bond donors (Lipinski definition) is 1. The Morgan fingerprint density at radius 1 is 1.10 bits per heavy atom. The molecule has 160 valence electrons. The molecular weight excluding hydrogens is 386 g/mol. The van der Waals surface area contributed by atoms with Crippen LogP contribution in [-0.2, 0) is 20.9 Å². The Labute approximate surface area is 178 Å². The Morgan fingerprint density at radius 3 is 2.48 bits per heavy atom. The smallest absolute Gasteiger partial charge is 0.408 e. The lowest BCUT2D eigenvalue weighted by molar-refractivity contribution is -0.144. The Balaban J connectivity index is 2.47. The molecule has 0 aliphatic rings. The fraction of sp³-hybridized carbons (Fsp3) is 0.478. The van der Waals surface area contributed by atoms with E-state index in [4.69, 9.17) is 9.47 Å². The number of carbonyl (C=O) groups is 2. The van der Waals surface area contributed by atoms with Crippen molar-refractivity contribution in [3.05, 3.63) is 59.2 Å². The molecule has 1 amide bonds. The van der Waals surface area contributed by atoms with Gasteiger partial charge in [-0.25, -0.2) is 9.59 Å². The number of hydrogen-bond acceptors (Lipinski definition) is 5. The number of allylic oxidation sites excluding steroid dienone is 3. The van der Waals surface area contributed by atoms with E-state index < -0.39 is 18.1 Å². The molecule has 1 N–H and O–H groups in total. The lowest BCUT2D eigenvalue weighted by atomic mass is 10.1. The topological polar surface area (TPSA) is 64.6 Å². The first-order valence-corrected chi connectivity index (χ1v) is 11.2. The third-order valence-electron chi connectivity index (χ3n) is 4.15.